The molecule has 322 valence electrons. The van der Waals surface area contributed by atoms with Crippen molar-refractivity contribution < 1.29 is 57.4 Å². The Kier molecular flexibility index (Phi) is 15.8. The van der Waals surface area contributed by atoms with Crippen molar-refractivity contribution in [1.29, 1.82) is 0 Å². The number of aromatic hydroxyl groups is 1. The van der Waals surface area contributed by atoms with Crippen molar-refractivity contribution in [2.45, 2.75) is 123 Å². The van der Waals surface area contributed by atoms with Crippen molar-refractivity contribution in [3.05, 3.63) is 65.3 Å². The molecule has 2 aromatic rings. The molecule has 1 aliphatic heterocycles. The summed E-state index contributed by atoms with van der Waals surface area (Å²) in [6.45, 7) is 27.3. The number of benzene rings is 2. The molecule has 0 aromatic heterocycles. The van der Waals surface area contributed by atoms with E-state index in [9.17, 15) is 24.6 Å². The predicted octanol–water partition coefficient (Wildman–Crippen LogP) is 8.15. The second-order valence-electron chi connectivity index (χ2n) is 16.6. The second-order valence-corrected chi connectivity index (χ2v) is 21.5. The predicted molar refractivity (Wildman–Crippen MR) is 224 cm³/mol. The average Bonchev–Trinajstić information content (AvgIpc) is 3.13. The molecule has 3 N–H and O–H groups in total. The van der Waals surface area contributed by atoms with Gasteiger partial charge < -0.3 is 48.4 Å². The Labute approximate surface area is 344 Å². The Morgan fingerprint density at radius 3 is 2.14 bits per heavy atom. The monoisotopic (exact) mass is 828 g/mol. The topological polar surface area (TPSA) is 172 Å². The molecule has 14 nitrogen and oxygen atoms in total. The number of hydrogen-bond acceptors (Lipinski definition) is 12. The van der Waals surface area contributed by atoms with Crippen molar-refractivity contribution in [3.8, 4) is 28.7 Å². The minimum atomic E-state index is -2.56. The first-order valence-electron chi connectivity index (χ1n) is 19.4. The van der Waals surface area contributed by atoms with Crippen LogP contribution in [0.1, 0.15) is 95.4 Å². The fourth-order valence-electron chi connectivity index (χ4n) is 7.08. The van der Waals surface area contributed by atoms with Gasteiger partial charge in [-0.05, 0) is 75.9 Å². The van der Waals surface area contributed by atoms with Gasteiger partial charge >= 0.3 is 18.2 Å². The zero-order valence-electron chi connectivity index (χ0n) is 36.5. The molecule has 58 heavy (non-hydrogen) atoms. The van der Waals surface area contributed by atoms with Gasteiger partial charge in [-0.25, -0.2) is 9.59 Å². The number of aryl methyl sites for hydroxylation is 1. The van der Waals surface area contributed by atoms with E-state index in [1.54, 1.807) is 33.8 Å². The van der Waals surface area contributed by atoms with Crippen molar-refractivity contribution in [2.75, 3.05) is 34.0 Å². The summed E-state index contributed by atoms with van der Waals surface area (Å²) >= 11 is 0. The van der Waals surface area contributed by atoms with Crippen LogP contribution >= 0.6 is 0 Å². The Hall–Kier alpha value is -4.89. The molecule has 0 saturated heterocycles. The van der Waals surface area contributed by atoms with E-state index < -0.39 is 56.3 Å². The summed E-state index contributed by atoms with van der Waals surface area (Å²) < 4.78 is 41.7. The van der Waals surface area contributed by atoms with Crippen molar-refractivity contribution in [2.24, 2.45) is 0 Å². The Bertz CT molecular complexity index is 1830. The number of carbonyl (C=O) groups excluding carboxylic acids is 3. The lowest BCUT2D eigenvalue weighted by Gasteiger charge is -2.47. The highest BCUT2D eigenvalue weighted by molar-refractivity contribution is 6.76. The molecule has 1 heterocycles. The summed E-state index contributed by atoms with van der Waals surface area (Å²) in [6, 6.07) is 0.340. The first kappa shape index (κ1) is 47.5. The summed E-state index contributed by atoms with van der Waals surface area (Å²) in [5.41, 5.74) is 0.954. The van der Waals surface area contributed by atoms with Crippen LogP contribution in [-0.2, 0) is 25.4 Å². The normalized spacial score (nSPS) is 17.4. The summed E-state index contributed by atoms with van der Waals surface area (Å²) in [4.78, 5) is 41.9. The van der Waals surface area contributed by atoms with Gasteiger partial charge in [-0.3, -0.25) is 9.69 Å². The molecule has 5 atom stereocenters. The number of hydrogen-bond donors (Lipinski definition) is 3. The number of aliphatic hydroxyl groups excluding tert-OH is 1. The number of esters is 1. The number of phenolic OH excluding ortho intramolecular Hbond substituents is 1. The molecule has 0 fully saturated rings. The Balaban J connectivity index is 2.56. The molecule has 0 bridgehead atoms. The molecule has 2 amide bonds. The number of fused-ring (bicyclic) bond motifs is 1. The number of aliphatic hydroxyl groups is 1. The zero-order chi connectivity index (χ0) is 43.9. The van der Waals surface area contributed by atoms with E-state index >= 15 is 0 Å². The largest absolute Gasteiger partial charge is 0.541 e. The van der Waals surface area contributed by atoms with Crippen LogP contribution in [0.2, 0.25) is 17.6 Å². The van der Waals surface area contributed by atoms with Crippen molar-refractivity contribution >= 4 is 26.5 Å². The van der Waals surface area contributed by atoms with E-state index in [1.807, 2.05) is 13.0 Å². The maximum Gasteiger partial charge on any atom is 0.411 e. The van der Waals surface area contributed by atoms with Crippen molar-refractivity contribution in [1.82, 2.24) is 10.2 Å². The van der Waals surface area contributed by atoms with Gasteiger partial charge in [0.25, 0.3) is 8.32 Å². The minimum absolute atomic E-state index is 0.0243. The van der Waals surface area contributed by atoms with Crippen LogP contribution in [0, 0.1) is 13.8 Å². The van der Waals surface area contributed by atoms with E-state index in [0.717, 1.165) is 6.04 Å². The fraction of sp³-hybridized carbons (Fsp3) is 0.558. The van der Waals surface area contributed by atoms with Gasteiger partial charge in [-0.2, -0.15) is 0 Å². The molecule has 2 unspecified atom stereocenters. The highest BCUT2D eigenvalue weighted by Gasteiger charge is 2.50. The third kappa shape index (κ3) is 10.6. The summed E-state index contributed by atoms with van der Waals surface area (Å²) in [7, 11) is 0.378. The number of amides is 2. The maximum absolute atomic E-state index is 14.4. The first-order chi connectivity index (χ1) is 27.0. The minimum Gasteiger partial charge on any atom is -0.541 e. The number of nitrogens with one attached hydrogen (secondary N) is 1. The highest BCUT2D eigenvalue weighted by Crippen LogP contribution is 2.52. The molecule has 0 radical (unpaired) electrons. The molecular weight excluding hydrogens is 765 g/mol. The van der Waals surface area contributed by atoms with E-state index in [1.165, 1.54) is 38.2 Å². The zero-order valence-corrected chi connectivity index (χ0v) is 37.5. The number of alkyl carbamates (subject to hydrolysis) is 1. The molecule has 3 rings (SSSR count). The third-order valence-electron chi connectivity index (χ3n) is 10.5. The lowest BCUT2D eigenvalue weighted by molar-refractivity contribution is -0.143. The average molecular weight is 829 g/mol. The van der Waals surface area contributed by atoms with Gasteiger partial charge in [0.1, 0.15) is 43.0 Å². The van der Waals surface area contributed by atoms with E-state index in [0.29, 0.717) is 28.2 Å². The summed E-state index contributed by atoms with van der Waals surface area (Å²) in [6.07, 6.45) is -0.520. The molecule has 2 aromatic carbocycles. The van der Waals surface area contributed by atoms with Crippen LogP contribution in [-0.4, -0.2) is 93.3 Å². The lowest BCUT2D eigenvalue weighted by Crippen LogP contribution is -2.58. The standard InChI is InChI=1S/C43H64N2O12Si/c1-16-19-53-39-32-28(21-25(4)37(39)51-13)22-29(24-55-27(6)46)45(41(50)54-20-17-2)34(32)33(44-40(49)56-42(7,8)9)36(48)30-23-31(38(52-14)26(5)35(30)47)57-58(15,18-3)43(10,11)12/h16-17,21,23,29,33-34,36,47-48H,1-2,18-20,22,24H2,3-15H3,(H,44,49)/t29?,33-,34-,36-,58?/m1/s1. The summed E-state index contributed by atoms with van der Waals surface area (Å²) in [5, 5.41) is 27.4. The highest BCUT2D eigenvalue weighted by atomic mass is 28.4. The van der Waals surface area contributed by atoms with Crippen LogP contribution in [0.3, 0.4) is 0 Å². The first-order valence-corrected chi connectivity index (χ1v) is 22.0. The lowest BCUT2D eigenvalue weighted by atomic mass is 9.80. The van der Waals surface area contributed by atoms with Gasteiger partial charge in [0.05, 0.1) is 32.3 Å². The second kappa shape index (κ2) is 19.2. The number of nitrogens with zero attached hydrogens (tertiary/aromatic N) is 1. The van der Waals surface area contributed by atoms with E-state index in [2.05, 4.69) is 52.7 Å². The van der Waals surface area contributed by atoms with Gasteiger partial charge in [0, 0.05) is 23.6 Å². The molecule has 0 spiro atoms. The van der Waals surface area contributed by atoms with Crippen LogP contribution in [0.15, 0.2) is 37.4 Å². The van der Waals surface area contributed by atoms with Crippen LogP contribution in [0.25, 0.3) is 0 Å². The van der Waals surface area contributed by atoms with Gasteiger partial charge in [0.2, 0.25) is 0 Å². The Morgan fingerprint density at radius 1 is 1.00 bits per heavy atom. The molecule has 0 aliphatic carbocycles. The van der Waals surface area contributed by atoms with E-state index in [4.69, 9.17) is 32.8 Å². The number of rotatable bonds is 16. The smallest absolute Gasteiger partial charge is 0.411 e. The number of phenols is 1. The number of methoxy groups -OCH3 is 2. The Morgan fingerprint density at radius 2 is 1.62 bits per heavy atom. The van der Waals surface area contributed by atoms with Crippen molar-refractivity contribution in [3.63, 3.8) is 0 Å². The maximum atomic E-state index is 14.4. The summed E-state index contributed by atoms with van der Waals surface area (Å²) in [5.74, 6) is 0.198. The van der Waals surface area contributed by atoms with Crippen LogP contribution in [0.4, 0.5) is 9.59 Å². The quantitative estimate of drug-likeness (QED) is 0.0643. The van der Waals surface area contributed by atoms with Gasteiger partial charge in [-0.15, -0.1) is 0 Å². The fourth-order valence-corrected chi connectivity index (χ4v) is 9.23. The molecular formula is C43H64N2O12Si. The van der Waals surface area contributed by atoms with Crippen LogP contribution < -0.4 is 24.0 Å². The SMILES string of the molecule is C=CCOC(=O)N1C(COC(C)=O)Cc2cc(C)c(OC)c(OCC=C)c2[C@@H]1[C@@H](NC(=O)OC(C)(C)C)[C@H](O)c1cc(O[Si](C)(CC)C(C)(C)C)c(OC)c(C)c1O. The van der Waals surface area contributed by atoms with E-state index in [-0.39, 0.29) is 59.7 Å². The molecule has 15 heteroatoms. The molecule has 1 aliphatic rings. The van der Waals surface area contributed by atoms with Crippen LogP contribution in [0.5, 0.6) is 28.7 Å². The number of carbonyl (C=O) groups is 3. The van der Waals surface area contributed by atoms with Gasteiger partial charge in [0.15, 0.2) is 17.2 Å². The number of ether oxygens (including phenoxy) is 6. The molecule has 0 saturated carbocycles. The van der Waals surface area contributed by atoms with Gasteiger partial charge in [-0.1, -0.05) is 59.1 Å². The third-order valence-corrected chi connectivity index (χ3v) is 15.7.